The molecule has 0 saturated carbocycles. The molecule has 0 N–H and O–H groups in total. The first-order valence-corrected chi connectivity index (χ1v) is 3.80. The summed E-state index contributed by atoms with van der Waals surface area (Å²) in [6.07, 6.45) is 1.46. The summed E-state index contributed by atoms with van der Waals surface area (Å²) < 4.78 is 20.7. The standard InChI is InChI=1S/C6H7NO2S.Na/c1-5-3-2-4-7-6(5)10(8)9;/h2-4H,1H3,(H,8,9);/q;+1/p-1. The van der Waals surface area contributed by atoms with Crippen LogP contribution in [0.3, 0.4) is 0 Å². The van der Waals surface area contributed by atoms with Crippen molar-refractivity contribution in [1.29, 1.82) is 0 Å². The van der Waals surface area contributed by atoms with E-state index < -0.39 is 11.1 Å². The first-order chi connectivity index (χ1) is 4.72. The van der Waals surface area contributed by atoms with Gasteiger partial charge in [0.15, 0.2) is 0 Å². The summed E-state index contributed by atoms with van der Waals surface area (Å²) in [5.41, 5.74) is 0.677. The number of nitrogens with zero attached hydrogens (tertiary/aromatic N) is 1. The summed E-state index contributed by atoms with van der Waals surface area (Å²) in [5.74, 6) is 0. The molecule has 0 aromatic carbocycles. The molecule has 0 amide bonds. The topological polar surface area (TPSA) is 53.0 Å². The zero-order valence-electron chi connectivity index (χ0n) is 6.40. The van der Waals surface area contributed by atoms with E-state index in [4.69, 9.17) is 0 Å². The Morgan fingerprint density at radius 2 is 2.27 bits per heavy atom. The number of hydrogen-bond donors (Lipinski definition) is 0. The molecule has 0 aliphatic carbocycles. The predicted octanol–water partition coefficient (Wildman–Crippen LogP) is -2.37. The second-order valence-electron chi connectivity index (χ2n) is 1.86. The molecule has 0 aliphatic heterocycles. The Morgan fingerprint density at radius 1 is 1.64 bits per heavy atom. The number of pyridine rings is 1. The van der Waals surface area contributed by atoms with Gasteiger partial charge < -0.3 is 4.55 Å². The molecule has 0 bridgehead atoms. The van der Waals surface area contributed by atoms with Gasteiger partial charge in [0.1, 0.15) is 5.03 Å². The Balaban J connectivity index is 0.000001000. The molecular weight excluding hydrogens is 173 g/mol. The van der Waals surface area contributed by atoms with Crippen molar-refractivity contribution in [3.8, 4) is 0 Å². The third-order valence-electron chi connectivity index (χ3n) is 1.12. The molecule has 0 fully saturated rings. The second kappa shape index (κ2) is 5.00. The van der Waals surface area contributed by atoms with Crippen LogP contribution in [-0.4, -0.2) is 13.7 Å². The van der Waals surface area contributed by atoms with E-state index in [2.05, 4.69) is 4.98 Å². The van der Waals surface area contributed by atoms with E-state index in [1.165, 1.54) is 6.20 Å². The Bertz CT molecular complexity index is 267. The van der Waals surface area contributed by atoms with Crippen LogP contribution in [0, 0.1) is 6.92 Å². The van der Waals surface area contributed by atoms with Gasteiger partial charge in [-0.1, -0.05) is 6.07 Å². The van der Waals surface area contributed by atoms with Gasteiger partial charge in [-0.3, -0.25) is 4.21 Å². The van der Waals surface area contributed by atoms with Crippen molar-refractivity contribution in [3.63, 3.8) is 0 Å². The summed E-state index contributed by atoms with van der Waals surface area (Å²) in [4.78, 5) is 3.67. The molecule has 0 aliphatic rings. The van der Waals surface area contributed by atoms with E-state index >= 15 is 0 Å². The van der Waals surface area contributed by atoms with E-state index in [1.54, 1.807) is 19.1 Å². The van der Waals surface area contributed by atoms with Gasteiger partial charge >= 0.3 is 29.6 Å². The van der Waals surface area contributed by atoms with Crippen molar-refractivity contribution < 1.29 is 38.3 Å². The minimum absolute atomic E-state index is 0. The Labute approximate surface area is 89.8 Å². The molecule has 1 aromatic rings. The van der Waals surface area contributed by atoms with Gasteiger partial charge in [-0.2, -0.15) is 0 Å². The van der Waals surface area contributed by atoms with Crippen LogP contribution < -0.4 is 29.6 Å². The van der Waals surface area contributed by atoms with Crippen LogP contribution in [0.5, 0.6) is 0 Å². The molecule has 0 saturated heterocycles. The van der Waals surface area contributed by atoms with Crippen molar-refractivity contribution in [1.82, 2.24) is 4.98 Å². The fraction of sp³-hybridized carbons (Fsp3) is 0.167. The summed E-state index contributed by atoms with van der Waals surface area (Å²) >= 11 is -2.20. The molecule has 5 heteroatoms. The minimum atomic E-state index is -2.20. The normalized spacial score (nSPS) is 11.8. The van der Waals surface area contributed by atoms with Crippen molar-refractivity contribution >= 4 is 11.1 Å². The molecule has 1 aromatic heterocycles. The Morgan fingerprint density at radius 3 is 2.64 bits per heavy atom. The number of aromatic nitrogens is 1. The molecule has 1 atom stereocenters. The second-order valence-corrected chi connectivity index (χ2v) is 2.72. The average Bonchev–Trinajstić information content (AvgIpc) is 1.88. The zero-order chi connectivity index (χ0) is 7.56. The predicted molar refractivity (Wildman–Crippen MR) is 36.2 cm³/mol. The fourth-order valence-electron chi connectivity index (χ4n) is 0.646. The third kappa shape index (κ3) is 3.01. The Kier molecular flexibility index (Phi) is 5.12. The number of aryl methyl sites for hydroxylation is 1. The monoisotopic (exact) mass is 179 g/mol. The molecule has 54 valence electrons. The fourth-order valence-corrected chi connectivity index (χ4v) is 1.12. The molecule has 3 nitrogen and oxygen atoms in total. The molecule has 1 unspecified atom stereocenters. The van der Waals surface area contributed by atoms with E-state index in [9.17, 15) is 8.76 Å². The largest absolute Gasteiger partial charge is 1.00 e. The molecule has 0 spiro atoms. The van der Waals surface area contributed by atoms with Gasteiger partial charge in [0.25, 0.3) is 0 Å². The minimum Gasteiger partial charge on any atom is -0.767 e. The summed E-state index contributed by atoms with van der Waals surface area (Å²) in [6, 6.07) is 3.41. The maximum atomic E-state index is 10.4. The maximum absolute atomic E-state index is 10.4. The van der Waals surface area contributed by atoms with E-state index in [0.29, 0.717) is 5.56 Å². The van der Waals surface area contributed by atoms with Crippen molar-refractivity contribution in [3.05, 3.63) is 23.9 Å². The molecular formula is C6H6NNaO2S. The van der Waals surface area contributed by atoms with Gasteiger partial charge in [0.05, 0.1) is 0 Å². The molecule has 0 radical (unpaired) electrons. The zero-order valence-corrected chi connectivity index (χ0v) is 9.22. The van der Waals surface area contributed by atoms with Crippen LogP contribution in [0.4, 0.5) is 0 Å². The van der Waals surface area contributed by atoms with E-state index in [-0.39, 0.29) is 34.6 Å². The maximum Gasteiger partial charge on any atom is 1.00 e. The van der Waals surface area contributed by atoms with Crippen LogP contribution >= 0.6 is 0 Å². The van der Waals surface area contributed by atoms with E-state index in [1.807, 2.05) is 0 Å². The molecule has 1 heterocycles. The molecule has 1 rings (SSSR count). The number of rotatable bonds is 1. The van der Waals surface area contributed by atoms with Crippen LogP contribution in [-0.2, 0) is 11.1 Å². The van der Waals surface area contributed by atoms with Crippen molar-refractivity contribution in [2.75, 3.05) is 0 Å². The van der Waals surface area contributed by atoms with Gasteiger partial charge in [-0.15, -0.1) is 0 Å². The molecule has 11 heavy (non-hydrogen) atoms. The first-order valence-electron chi connectivity index (χ1n) is 2.72. The van der Waals surface area contributed by atoms with Crippen molar-refractivity contribution in [2.24, 2.45) is 0 Å². The van der Waals surface area contributed by atoms with Crippen LogP contribution in [0.2, 0.25) is 0 Å². The van der Waals surface area contributed by atoms with E-state index in [0.717, 1.165) is 0 Å². The quantitative estimate of drug-likeness (QED) is 0.358. The van der Waals surface area contributed by atoms with Crippen LogP contribution in [0.15, 0.2) is 23.4 Å². The summed E-state index contributed by atoms with van der Waals surface area (Å²) in [7, 11) is 0. The third-order valence-corrected chi connectivity index (χ3v) is 1.86. The van der Waals surface area contributed by atoms with Gasteiger partial charge in [0.2, 0.25) is 0 Å². The SMILES string of the molecule is Cc1cccnc1S(=O)[O-].[Na+]. The van der Waals surface area contributed by atoms with Crippen LogP contribution in [0.25, 0.3) is 0 Å². The first kappa shape index (κ1) is 11.3. The Hall–Kier alpha value is 0.260. The van der Waals surface area contributed by atoms with Crippen LogP contribution in [0.1, 0.15) is 5.56 Å². The van der Waals surface area contributed by atoms with Crippen molar-refractivity contribution in [2.45, 2.75) is 11.9 Å². The summed E-state index contributed by atoms with van der Waals surface area (Å²) in [5, 5.41) is 0.127. The van der Waals surface area contributed by atoms with Gasteiger partial charge in [-0.25, -0.2) is 4.98 Å². The smallest absolute Gasteiger partial charge is 0.767 e. The summed E-state index contributed by atoms with van der Waals surface area (Å²) in [6.45, 7) is 1.71. The van der Waals surface area contributed by atoms with Gasteiger partial charge in [0, 0.05) is 6.20 Å². The average molecular weight is 179 g/mol. The van der Waals surface area contributed by atoms with Gasteiger partial charge in [-0.05, 0) is 29.6 Å². The number of hydrogen-bond acceptors (Lipinski definition) is 3.